The van der Waals surface area contributed by atoms with E-state index in [1.807, 2.05) is 4.68 Å². The molecule has 0 N–H and O–H groups in total. The topological polar surface area (TPSA) is 38.5 Å². The lowest BCUT2D eigenvalue weighted by molar-refractivity contribution is 0.0966. The van der Waals surface area contributed by atoms with Crippen molar-refractivity contribution in [3.05, 3.63) is 52.6 Å². The monoisotopic (exact) mass is 441 g/mol. The van der Waals surface area contributed by atoms with Gasteiger partial charge in [-0.05, 0) is 48.6 Å². The Morgan fingerprint density at radius 1 is 1.07 bits per heavy atom. The van der Waals surface area contributed by atoms with E-state index in [0.717, 1.165) is 74.3 Å². The summed E-state index contributed by atoms with van der Waals surface area (Å²) in [6, 6.07) is 14.8. The number of aromatic nitrogens is 3. The summed E-state index contributed by atoms with van der Waals surface area (Å²) in [7, 11) is 0. The molecule has 2 aliphatic rings. The Labute approximate surface area is 186 Å². The van der Waals surface area contributed by atoms with Crippen molar-refractivity contribution >= 4 is 29.2 Å². The number of rotatable bonds is 6. The first kappa shape index (κ1) is 19.9. The fourth-order valence-electron chi connectivity index (χ4n) is 4.25. The first-order valence-electron chi connectivity index (χ1n) is 10.6. The molecule has 6 nitrogen and oxygen atoms in total. The van der Waals surface area contributed by atoms with Gasteiger partial charge in [0.15, 0.2) is 10.6 Å². The molecule has 4 heterocycles. The summed E-state index contributed by atoms with van der Waals surface area (Å²) >= 11 is 7.58. The van der Waals surface area contributed by atoms with E-state index in [0.29, 0.717) is 0 Å². The third kappa shape index (κ3) is 4.23. The second-order valence-electron chi connectivity index (χ2n) is 7.91. The molecule has 0 spiro atoms. The Morgan fingerprint density at radius 3 is 2.60 bits per heavy atom. The van der Waals surface area contributed by atoms with Crippen LogP contribution in [-0.4, -0.2) is 58.1 Å². The van der Waals surface area contributed by atoms with Crippen LogP contribution in [0, 0.1) is 4.77 Å². The smallest absolute Gasteiger partial charge is 0.199 e. The van der Waals surface area contributed by atoms with Crippen LogP contribution in [0.15, 0.2) is 47.8 Å². The summed E-state index contributed by atoms with van der Waals surface area (Å²) in [5.74, 6) is 0.966. The molecule has 0 bridgehead atoms. The molecule has 2 fully saturated rings. The molecule has 8 heteroatoms. The summed E-state index contributed by atoms with van der Waals surface area (Å²) in [6.07, 6.45) is 2.47. The van der Waals surface area contributed by atoms with Gasteiger partial charge in [-0.15, -0.1) is 16.4 Å². The molecule has 1 atom stereocenters. The Kier molecular flexibility index (Phi) is 5.99. The van der Waals surface area contributed by atoms with E-state index in [1.54, 1.807) is 11.3 Å². The minimum absolute atomic E-state index is 0.238. The average Bonchev–Trinajstić information content (AvgIpc) is 3.54. The Bertz CT molecular complexity index is 1000. The first-order chi connectivity index (χ1) is 14.8. The minimum Gasteiger partial charge on any atom is -0.376 e. The van der Waals surface area contributed by atoms with E-state index in [1.165, 1.54) is 5.69 Å². The number of benzene rings is 1. The number of thiophene rings is 1. The number of hydrogen-bond acceptors (Lipinski definition) is 6. The predicted octanol–water partition coefficient (Wildman–Crippen LogP) is 4.10. The lowest BCUT2D eigenvalue weighted by Crippen LogP contribution is -2.47. The first-order valence-corrected chi connectivity index (χ1v) is 11.9. The molecule has 2 saturated heterocycles. The number of ether oxygens (including phenoxy) is 1. The van der Waals surface area contributed by atoms with Gasteiger partial charge in [0, 0.05) is 38.5 Å². The van der Waals surface area contributed by atoms with Crippen molar-refractivity contribution in [3.8, 4) is 10.7 Å². The molecule has 0 radical (unpaired) electrons. The molecule has 0 aliphatic carbocycles. The SMILES string of the molecule is S=c1n(CN2CCN(c3ccccc3)CC2)nc(-c2cccs2)n1C[C@@H]1CCCO1. The van der Waals surface area contributed by atoms with Crippen LogP contribution in [0.1, 0.15) is 12.8 Å². The van der Waals surface area contributed by atoms with Crippen LogP contribution in [0.4, 0.5) is 5.69 Å². The van der Waals surface area contributed by atoms with E-state index < -0.39 is 0 Å². The van der Waals surface area contributed by atoms with Crippen LogP contribution >= 0.6 is 23.6 Å². The summed E-state index contributed by atoms with van der Waals surface area (Å²) in [4.78, 5) is 6.05. The predicted molar refractivity (Wildman–Crippen MR) is 124 cm³/mol. The summed E-state index contributed by atoms with van der Waals surface area (Å²) < 4.78 is 10.8. The van der Waals surface area contributed by atoms with Gasteiger partial charge in [-0.2, -0.15) is 0 Å². The van der Waals surface area contributed by atoms with Crippen LogP contribution in [0.5, 0.6) is 0 Å². The van der Waals surface area contributed by atoms with Gasteiger partial charge in [0.1, 0.15) is 0 Å². The molecule has 5 rings (SSSR count). The quantitative estimate of drug-likeness (QED) is 0.539. The molecular formula is C22H27N5OS2. The van der Waals surface area contributed by atoms with Crippen molar-refractivity contribution in [1.29, 1.82) is 0 Å². The van der Waals surface area contributed by atoms with Crippen LogP contribution in [0.25, 0.3) is 10.7 Å². The lowest BCUT2D eigenvalue weighted by atomic mass is 10.2. The third-order valence-electron chi connectivity index (χ3n) is 5.90. The Hall–Kier alpha value is -2.00. The van der Waals surface area contributed by atoms with Crippen LogP contribution in [-0.2, 0) is 18.0 Å². The normalized spacial score (nSPS) is 20.1. The van der Waals surface area contributed by atoms with Gasteiger partial charge in [0.2, 0.25) is 0 Å². The average molecular weight is 442 g/mol. The van der Waals surface area contributed by atoms with Gasteiger partial charge < -0.3 is 9.64 Å². The second-order valence-corrected chi connectivity index (χ2v) is 9.22. The molecule has 2 aromatic heterocycles. The summed E-state index contributed by atoms with van der Waals surface area (Å²) in [5, 5.41) is 7.03. The highest BCUT2D eigenvalue weighted by Crippen LogP contribution is 2.26. The van der Waals surface area contributed by atoms with Gasteiger partial charge in [-0.25, -0.2) is 4.68 Å². The number of para-hydroxylation sites is 1. The van der Waals surface area contributed by atoms with E-state index in [9.17, 15) is 0 Å². The Morgan fingerprint density at radius 2 is 1.90 bits per heavy atom. The fraction of sp³-hybridized carbons (Fsp3) is 0.455. The highest BCUT2D eigenvalue weighted by molar-refractivity contribution is 7.71. The van der Waals surface area contributed by atoms with E-state index in [4.69, 9.17) is 22.1 Å². The molecule has 1 aromatic carbocycles. The maximum atomic E-state index is 5.88. The fourth-order valence-corrected chi connectivity index (χ4v) is 5.23. The van der Waals surface area contributed by atoms with Crippen LogP contribution in [0.3, 0.4) is 0 Å². The van der Waals surface area contributed by atoms with Gasteiger partial charge in [0.25, 0.3) is 0 Å². The largest absolute Gasteiger partial charge is 0.376 e. The van der Waals surface area contributed by atoms with Crippen molar-refractivity contribution in [3.63, 3.8) is 0 Å². The maximum absolute atomic E-state index is 5.88. The second kappa shape index (κ2) is 9.01. The van der Waals surface area contributed by atoms with Crippen molar-refractivity contribution < 1.29 is 4.74 Å². The third-order valence-corrected chi connectivity index (χ3v) is 7.20. The molecule has 3 aromatic rings. The Balaban J connectivity index is 1.32. The summed E-state index contributed by atoms with van der Waals surface area (Å²) in [5.41, 5.74) is 1.30. The van der Waals surface area contributed by atoms with Crippen molar-refractivity contribution in [2.75, 3.05) is 37.7 Å². The van der Waals surface area contributed by atoms with Crippen molar-refractivity contribution in [1.82, 2.24) is 19.2 Å². The lowest BCUT2D eigenvalue weighted by Gasteiger charge is -2.35. The standard InChI is InChI=1S/C22H27N5OS2/c29-22-26(16-19-8-4-14-28-19)21(20-9-5-15-30-20)23-27(22)17-24-10-12-25(13-11-24)18-6-2-1-3-7-18/h1-3,5-7,9,15,19H,4,8,10-14,16-17H2/t19-/m0/s1. The van der Waals surface area contributed by atoms with Gasteiger partial charge >= 0.3 is 0 Å². The number of hydrogen-bond donors (Lipinski definition) is 0. The minimum atomic E-state index is 0.238. The summed E-state index contributed by atoms with van der Waals surface area (Å²) in [6.45, 7) is 6.42. The zero-order valence-electron chi connectivity index (χ0n) is 17.0. The number of anilines is 1. The molecule has 0 amide bonds. The number of nitrogens with zero attached hydrogens (tertiary/aromatic N) is 5. The highest BCUT2D eigenvalue weighted by Gasteiger charge is 2.23. The van der Waals surface area contributed by atoms with Crippen LogP contribution < -0.4 is 4.90 Å². The molecule has 0 saturated carbocycles. The zero-order valence-corrected chi connectivity index (χ0v) is 18.7. The van der Waals surface area contributed by atoms with E-state index in [-0.39, 0.29) is 6.10 Å². The van der Waals surface area contributed by atoms with Crippen molar-refractivity contribution in [2.24, 2.45) is 0 Å². The number of piperazine rings is 1. The van der Waals surface area contributed by atoms with Gasteiger partial charge in [-0.3, -0.25) is 9.47 Å². The maximum Gasteiger partial charge on any atom is 0.199 e. The van der Waals surface area contributed by atoms with Crippen LogP contribution in [0.2, 0.25) is 0 Å². The van der Waals surface area contributed by atoms with Gasteiger partial charge in [-0.1, -0.05) is 24.3 Å². The van der Waals surface area contributed by atoms with E-state index >= 15 is 0 Å². The molecule has 0 unspecified atom stereocenters. The highest BCUT2D eigenvalue weighted by atomic mass is 32.1. The zero-order chi connectivity index (χ0) is 20.3. The van der Waals surface area contributed by atoms with Crippen molar-refractivity contribution in [2.45, 2.75) is 32.2 Å². The molecule has 158 valence electrons. The molecule has 30 heavy (non-hydrogen) atoms. The van der Waals surface area contributed by atoms with E-state index in [2.05, 4.69) is 62.2 Å². The molecular weight excluding hydrogens is 414 g/mol. The van der Waals surface area contributed by atoms with Gasteiger partial charge in [0.05, 0.1) is 24.2 Å². The molecule has 2 aliphatic heterocycles.